The largest absolute Gasteiger partial charge is 0.416 e. The van der Waals surface area contributed by atoms with Crippen LogP contribution in [0.5, 0.6) is 0 Å². The van der Waals surface area contributed by atoms with E-state index < -0.39 is 17.6 Å². The molecule has 1 aromatic carbocycles. The lowest BCUT2D eigenvalue weighted by Gasteiger charge is -2.36. The molecule has 0 unspecified atom stereocenters. The number of halogens is 6. The van der Waals surface area contributed by atoms with Gasteiger partial charge in [-0.2, -0.15) is 13.2 Å². The Morgan fingerprint density at radius 2 is 1.76 bits per heavy atom. The molecule has 2 nitrogen and oxygen atoms in total. The first-order chi connectivity index (χ1) is 10.9. The predicted octanol–water partition coefficient (Wildman–Crippen LogP) is 5.21. The highest BCUT2D eigenvalue weighted by atomic mass is 35.5. The van der Waals surface area contributed by atoms with Gasteiger partial charge in [0.15, 0.2) is 0 Å². The number of benzene rings is 1. The Morgan fingerprint density at radius 1 is 1.12 bits per heavy atom. The summed E-state index contributed by atoms with van der Waals surface area (Å²) in [6.07, 6.45) is -0.980. The molecule has 1 aromatic rings. The molecule has 0 bridgehead atoms. The van der Waals surface area contributed by atoms with E-state index in [0.29, 0.717) is 25.6 Å². The van der Waals surface area contributed by atoms with E-state index in [4.69, 9.17) is 0 Å². The molecule has 146 valence electrons. The van der Waals surface area contributed by atoms with Crippen LogP contribution in [0.25, 0.3) is 0 Å². The molecular weight excluding hydrogens is 379 g/mol. The van der Waals surface area contributed by atoms with E-state index in [0.717, 1.165) is 38.4 Å². The lowest BCUT2D eigenvalue weighted by Crippen LogP contribution is -2.45. The Balaban J connectivity index is 0.00000288. The SMILES string of the molecule is CCCCC[C@@H](c1ccc(F)cc1C(F)(F)F)N1CCNCC1.Cl.Cl. The van der Waals surface area contributed by atoms with Crippen LogP contribution < -0.4 is 5.32 Å². The lowest BCUT2D eigenvalue weighted by atomic mass is 9.93. The second-order valence-corrected chi connectivity index (χ2v) is 6.03. The van der Waals surface area contributed by atoms with Crippen LogP contribution in [-0.4, -0.2) is 31.1 Å². The van der Waals surface area contributed by atoms with Gasteiger partial charge in [-0.3, -0.25) is 4.90 Å². The van der Waals surface area contributed by atoms with Gasteiger partial charge in [-0.1, -0.05) is 32.3 Å². The molecule has 1 fully saturated rings. The Hall–Kier alpha value is -0.560. The quantitative estimate of drug-likeness (QED) is 0.516. The molecule has 0 radical (unpaired) electrons. The van der Waals surface area contributed by atoms with E-state index in [1.165, 1.54) is 6.07 Å². The molecule has 1 N–H and O–H groups in total. The molecule has 0 spiro atoms. The van der Waals surface area contributed by atoms with Gasteiger partial charge in [-0.15, -0.1) is 24.8 Å². The molecule has 25 heavy (non-hydrogen) atoms. The maximum atomic E-state index is 13.4. The number of rotatable bonds is 6. The fraction of sp³-hybridized carbons (Fsp3) is 0.647. The van der Waals surface area contributed by atoms with E-state index >= 15 is 0 Å². The van der Waals surface area contributed by atoms with Crippen LogP contribution in [0.3, 0.4) is 0 Å². The molecule has 1 saturated heterocycles. The highest BCUT2D eigenvalue weighted by Gasteiger charge is 2.37. The summed E-state index contributed by atoms with van der Waals surface area (Å²) in [6, 6.07) is 2.78. The number of nitrogens with zero attached hydrogens (tertiary/aromatic N) is 1. The number of alkyl halides is 3. The lowest BCUT2D eigenvalue weighted by molar-refractivity contribution is -0.139. The predicted molar refractivity (Wildman–Crippen MR) is 97.2 cm³/mol. The first-order valence-electron chi connectivity index (χ1n) is 8.25. The summed E-state index contributed by atoms with van der Waals surface area (Å²) in [5.41, 5.74) is -0.630. The third kappa shape index (κ3) is 6.93. The summed E-state index contributed by atoms with van der Waals surface area (Å²) in [6.45, 7) is 5.04. The molecule has 1 aliphatic rings. The fourth-order valence-electron chi connectivity index (χ4n) is 3.18. The van der Waals surface area contributed by atoms with Crippen LogP contribution in [0.2, 0.25) is 0 Å². The zero-order chi connectivity index (χ0) is 16.9. The molecule has 0 amide bonds. The number of unbranched alkanes of at least 4 members (excludes halogenated alkanes) is 2. The van der Waals surface area contributed by atoms with Crippen molar-refractivity contribution in [3.8, 4) is 0 Å². The van der Waals surface area contributed by atoms with Crippen LogP contribution in [0.1, 0.15) is 49.8 Å². The minimum absolute atomic E-state index is 0. The van der Waals surface area contributed by atoms with Gasteiger partial charge in [-0.05, 0) is 24.1 Å². The number of hydrogen-bond donors (Lipinski definition) is 1. The topological polar surface area (TPSA) is 15.3 Å². The normalized spacial score (nSPS) is 16.7. The highest BCUT2D eigenvalue weighted by molar-refractivity contribution is 5.85. The maximum absolute atomic E-state index is 13.4. The molecule has 1 aliphatic heterocycles. The van der Waals surface area contributed by atoms with Crippen molar-refractivity contribution in [2.45, 2.75) is 44.8 Å². The van der Waals surface area contributed by atoms with Gasteiger partial charge < -0.3 is 5.32 Å². The van der Waals surface area contributed by atoms with Gasteiger partial charge in [0.25, 0.3) is 0 Å². The minimum atomic E-state index is -4.53. The van der Waals surface area contributed by atoms with Crippen LogP contribution in [0.4, 0.5) is 17.6 Å². The number of hydrogen-bond acceptors (Lipinski definition) is 2. The average molecular weight is 405 g/mol. The third-order valence-electron chi connectivity index (χ3n) is 4.35. The van der Waals surface area contributed by atoms with E-state index in [1.807, 2.05) is 0 Å². The molecular formula is C17H26Cl2F4N2. The molecule has 0 saturated carbocycles. The summed E-state index contributed by atoms with van der Waals surface area (Å²) in [5.74, 6) is -0.839. The summed E-state index contributed by atoms with van der Waals surface area (Å²) < 4.78 is 53.4. The van der Waals surface area contributed by atoms with Crippen molar-refractivity contribution in [3.63, 3.8) is 0 Å². The van der Waals surface area contributed by atoms with Crippen molar-refractivity contribution in [2.75, 3.05) is 26.2 Å². The zero-order valence-electron chi connectivity index (χ0n) is 14.2. The number of nitrogens with one attached hydrogen (secondary N) is 1. The second-order valence-electron chi connectivity index (χ2n) is 6.03. The fourth-order valence-corrected chi connectivity index (χ4v) is 3.18. The zero-order valence-corrected chi connectivity index (χ0v) is 15.9. The first kappa shape index (κ1) is 24.4. The van der Waals surface area contributed by atoms with Crippen molar-refractivity contribution in [1.29, 1.82) is 0 Å². The van der Waals surface area contributed by atoms with Crippen molar-refractivity contribution in [3.05, 3.63) is 35.1 Å². The van der Waals surface area contributed by atoms with Crippen LogP contribution in [0.15, 0.2) is 18.2 Å². The van der Waals surface area contributed by atoms with Crippen LogP contribution in [-0.2, 0) is 6.18 Å². The van der Waals surface area contributed by atoms with Gasteiger partial charge in [0.05, 0.1) is 5.56 Å². The van der Waals surface area contributed by atoms with E-state index in [9.17, 15) is 17.6 Å². The number of piperazine rings is 1. The minimum Gasteiger partial charge on any atom is -0.314 e. The highest BCUT2D eigenvalue weighted by Crippen LogP contribution is 2.38. The van der Waals surface area contributed by atoms with Crippen LogP contribution in [0, 0.1) is 5.82 Å². The van der Waals surface area contributed by atoms with Gasteiger partial charge >= 0.3 is 6.18 Å². The van der Waals surface area contributed by atoms with Crippen molar-refractivity contribution < 1.29 is 17.6 Å². The van der Waals surface area contributed by atoms with Gasteiger partial charge in [0, 0.05) is 32.2 Å². The molecule has 8 heteroatoms. The molecule has 1 heterocycles. The average Bonchev–Trinajstić information content (AvgIpc) is 2.52. The van der Waals surface area contributed by atoms with Crippen LogP contribution >= 0.6 is 24.8 Å². The molecule has 2 rings (SSSR count). The van der Waals surface area contributed by atoms with E-state index in [-0.39, 0.29) is 36.4 Å². The molecule has 1 atom stereocenters. The summed E-state index contributed by atoms with van der Waals surface area (Å²) in [7, 11) is 0. The Kier molecular flexibility index (Phi) is 11.0. The Bertz CT molecular complexity index is 506. The Morgan fingerprint density at radius 3 is 2.32 bits per heavy atom. The standard InChI is InChI=1S/C17H24F4N2.2ClH/c1-2-3-4-5-16(23-10-8-22-9-11-23)14-7-6-13(18)12-15(14)17(19,20)21;;/h6-7,12,16,22H,2-5,8-11H2,1H3;2*1H/t16-;;/m0../s1. The summed E-state index contributed by atoms with van der Waals surface area (Å²) in [5, 5.41) is 3.22. The second kappa shape index (κ2) is 11.2. The van der Waals surface area contributed by atoms with Crippen molar-refractivity contribution >= 4 is 24.8 Å². The molecule has 0 aromatic heterocycles. The van der Waals surface area contributed by atoms with E-state index in [1.54, 1.807) is 0 Å². The van der Waals surface area contributed by atoms with Crippen molar-refractivity contribution in [2.24, 2.45) is 0 Å². The van der Waals surface area contributed by atoms with Gasteiger partial charge in [0.2, 0.25) is 0 Å². The smallest absolute Gasteiger partial charge is 0.314 e. The van der Waals surface area contributed by atoms with E-state index in [2.05, 4.69) is 17.1 Å². The van der Waals surface area contributed by atoms with Crippen molar-refractivity contribution in [1.82, 2.24) is 10.2 Å². The summed E-state index contributed by atoms with van der Waals surface area (Å²) >= 11 is 0. The Labute approximate surface area is 159 Å². The first-order valence-corrected chi connectivity index (χ1v) is 8.25. The molecule has 0 aliphatic carbocycles. The monoisotopic (exact) mass is 404 g/mol. The third-order valence-corrected chi connectivity index (χ3v) is 4.35. The maximum Gasteiger partial charge on any atom is 0.416 e. The van der Waals surface area contributed by atoms with Gasteiger partial charge in [0.1, 0.15) is 5.82 Å². The summed E-state index contributed by atoms with van der Waals surface area (Å²) in [4.78, 5) is 2.09. The van der Waals surface area contributed by atoms with Gasteiger partial charge in [-0.25, -0.2) is 4.39 Å².